The van der Waals surface area contributed by atoms with Gasteiger partial charge in [0.25, 0.3) is 11.5 Å². The van der Waals surface area contributed by atoms with Crippen LogP contribution in [0.2, 0.25) is 0 Å². The van der Waals surface area contributed by atoms with Crippen LogP contribution in [0.25, 0.3) is 0 Å². The molecule has 0 N–H and O–H groups in total. The Morgan fingerprint density at radius 3 is 2.72 bits per heavy atom. The van der Waals surface area contributed by atoms with E-state index in [9.17, 15) is 9.59 Å². The van der Waals surface area contributed by atoms with Crippen molar-refractivity contribution in [2.75, 3.05) is 19.9 Å². The second kappa shape index (κ2) is 7.25. The Balaban J connectivity index is 1.56. The van der Waals surface area contributed by atoms with E-state index >= 15 is 0 Å². The lowest BCUT2D eigenvalue weighted by molar-refractivity contribution is 0.0547. The van der Waals surface area contributed by atoms with Gasteiger partial charge in [-0.2, -0.15) is 0 Å². The van der Waals surface area contributed by atoms with Gasteiger partial charge in [-0.3, -0.25) is 9.59 Å². The van der Waals surface area contributed by atoms with E-state index in [1.807, 2.05) is 36.9 Å². The molecule has 154 valence electrons. The maximum atomic E-state index is 13.3. The van der Waals surface area contributed by atoms with Gasteiger partial charge in [0.05, 0.1) is 0 Å². The minimum absolute atomic E-state index is 0.0502. The molecule has 2 aliphatic heterocycles. The van der Waals surface area contributed by atoms with E-state index in [1.54, 1.807) is 11.6 Å². The number of ether oxygens (including phenoxy) is 2. The predicted octanol–water partition coefficient (Wildman–Crippen LogP) is 3.22. The number of nitrogens with zero attached hydrogens (tertiary/aromatic N) is 2. The van der Waals surface area contributed by atoms with Gasteiger partial charge < -0.3 is 18.9 Å². The normalized spacial score (nSPS) is 20.8. The third-order valence-electron chi connectivity index (χ3n) is 6.22. The number of aryl methyl sites for hydroxylation is 2. The molecule has 29 heavy (non-hydrogen) atoms. The van der Waals surface area contributed by atoms with Crippen LogP contribution in [-0.2, 0) is 13.5 Å². The predicted molar refractivity (Wildman–Crippen MR) is 111 cm³/mol. The molecule has 1 aromatic heterocycles. The summed E-state index contributed by atoms with van der Waals surface area (Å²) >= 11 is 0. The summed E-state index contributed by atoms with van der Waals surface area (Å²) in [5, 5.41) is 0. The highest BCUT2D eigenvalue weighted by atomic mass is 16.7. The molecule has 0 bridgehead atoms. The van der Waals surface area contributed by atoms with E-state index < -0.39 is 0 Å². The highest BCUT2D eigenvalue weighted by molar-refractivity contribution is 5.95. The molecular weight excluding hydrogens is 368 g/mol. The van der Waals surface area contributed by atoms with Crippen LogP contribution in [0, 0.1) is 19.3 Å². The third kappa shape index (κ3) is 3.63. The number of carbonyl (C=O) groups excluding carboxylic acids is 1. The Hall–Kier alpha value is -2.76. The Kier molecular flexibility index (Phi) is 4.89. The van der Waals surface area contributed by atoms with E-state index in [0.29, 0.717) is 18.7 Å². The SMILES string of the molecule is Cc1cc(C)n(C)c(=O)c1C(=O)N1CCC[C@](C)(Cc2ccc3c(c2)OCO3)C1. The maximum absolute atomic E-state index is 13.3. The van der Waals surface area contributed by atoms with E-state index in [2.05, 4.69) is 13.0 Å². The number of likely N-dealkylation sites (tertiary alicyclic amines) is 1. The number of amides is 1. The molecule has 0 aliphatic carbocycles. The van der Waals surface area contributed by atoms with Crippen molar-refractivity contribution in [2.45, 2.75) is 40.0 Å². The van der Waals surface area contributed by atoms with E-state index in [4.69, 9.17) is 9.47 Å². The minimum Gasteiger partial charge on any atom is -0.454 e. The van der Waals surface area contributed by atoms with Gasteiger partial charge in [-0.25, -0.2) is 0 Å². The average molecular weight is 396 g/mol. The number of benzene rings is 1. The van der Waals surface area contributed by atoms with Gasteiger partial charge in [0.15, 0.2) is 11.5 Å². The van der Waals surface area contributed by atoms with Crippen LogP contribution in [0.3, 0.4) is 0 Å². The van der Waals surface area contributed by atoms with Crippen LogP contribution in [0.1, 0.15) is 46.9 Å². The Morgan fingerprint density at radius 1 is 1.17 bits per heavy atom. The summed E-state index contributed by atoms with van der Waals surface area (Å²) in [7, 11) is 1.72. The lowest BCUT2D eigenvalue weighted by Gasteiger charge is -2.41. The average Bonchev–Trinajstić information content (AvgIpc) is 3.13. The number of hydrogen-bond donors (Lipinski definition) is 0. The summed E-state index contributed by atoms with van der Waals surface area (Å²) < 4.78 is 12.5. The van der Waals surface area contributed by atoms with Gasteiger partial charge in [-0.1, -0.05) is 13.0 Å². The maximum Gasteiger partial charge on any atom is 0.263 e. The van der Waals surface area contributed by atoms with Gasteiger partial charge in [0.2, 0.25) is 6.79 Å². The van der Waals surface area contributed by atoms with Crippen LogP contribution < -0.4 is 15.0 Å². The van der Waals surface area contributed by atoms with Crippen LogP contribution >= 0.6 is 0 Å². The molecule has 1 aromatic carbocycles. The van der Waals surface area contributed by atoms with Gasteiger partial charge in [0.1, 0.15) is 5.56 Å². The molecule has 0 unspecified atom stereocenters. The number of aromatic nitrogens is 1. The number of hydrogen-bond acceptors (Lipinski definition) is 4. The zero-order valence-corrected chi connectivity index (χ0v) is 17.6. The lowest BCUT2D eigenvalue weighted by Crippen LogP contribution is -2.47. The molecule has 6 heteroatoms. The second-order valence-electron chi connectivity index (χ2n) is 8.71. The number of piperidine rings is 1. The molecule has 1 amide bonds. The molecule has 6 nitrogen and oxygen atoms in total. The number of carbonyl (C=O) groups is 1. The van der Waals surface area contributed by atoms with Crippen molar-refractivity contribution in [3.63, 3.8) is 0 Å². The van der Waals surface area contributed by atoms with Crippen LogP contribution in [-0.4, -0.2) is 35.3 Å². The fourth-order valence-electron chi connectivity index (χ4n) is 4.57. The van der Waals surface area contributed by atoms with Gasteiger partial charge >= 0.3 is 0 Å². The first-order chi connectivity index (χ1) is 13.8. The summed E-state index contributed by atoms with van der Waals surface area (Å²) in [4.78, 5) is 27.9. The Labute approximate surface area is 171 Å². The summed E-state index contributed by atoms with van der Waals surface area (Å²) in [6.45, 7) is 7.53. The first-order valence-corrected chi connectivity index (χ1v) is 10.1. The molecule has 2 aromatic rings. The van der Waals surface area contributed by atoms with Crippen LogP contribution in [0.15, 0.2) is 29.1 Å². The molecule has 1 saturated heterocycles. The van der Waals surface area contributed by atoms with Crippen LogP contribution in [0.5, 0.6) is 11.5 Å². The van der Waals surface area contributed by atoms with Crippen molar-refractivity contribution < 1.29 is 14.3 Å². The molecule has 0 saturated carbocycles. The first kappa shape index (κ1) is 19.6. The summed E-state index contributed by atoms with van der Waals surface area (Å²) in [5.41, 5.74) is 2.81. The second-order valence-corrected chi connectivity index (χ2v) is 8.71. The van der Waals surface area contributed by atoms with Crippen molar-refractivity contribution in [3.05, 3.63) is 57.0 Å². The fraction of sp³-hybridized carbons (Fsp3) is 0.478. The van der Waals surface area contributed by atoms with Crippen molar-refractivity contribution in [2.24, 2.45) is 12.5 Å². The third-order valence-corrected chi connectivity index (χ3v) is 6.22. The van der Waals surface area contributed by atoms with Crippen molar-refractivity contribution in [1.82, 2.24) is 9.47 Å². The smallest absolute Gasteiger partial charge is 0.263 e. The molecule has 1 atom stereocenters. The van der Waals surface area contributed by atoms with Gasteiger partial charge in [0, 0.05) is 25.8 Å². The fourth-order valence-corrected chi connectivity index (χ4v) is 4.57. The van der Waals surface area contributed by atoms with Crippen LogP contribution in [0.4, 0.5) is 0 Å². The molecular formula is C23H28N2O4. The molecule has 3 heterocycles. The minimum atomic E-state index is -0.212. The highest BCUT2D eigenvalue weighted by Crippen LogP contribution is 2.37. The Bertz CT molecular complexity index is 1030. The molecule has 0 radical (unpaired) electrons. The van der Waals surface area contributed by atoms with Gasteiger partial charge in [-0.15, -0.1) is 0 Å². The lowest BCUT2D eigenvalue weighted by atomic mass is 9.76. The molecule has 2 aliphatic rings. The number of fused-ring (bicyclic) bond motifs is 1. The topological polar surface area (TPSA) is 60.8 Å². The number of rotatable bonds is 3. The zero-order valence-electron chi connectivity index (χ0n) is 17.6. The molecule has 4 rings (SSSR count). The van der Waals surface area contributed by atoms with E-state index in [-0.39, 0.29) is 23.7 Å². The zero-order chi connectivity index (χ0) is 20.8. The van der Waals surface area contributed by atoms with Gasteiger partial charge in [-0.05, 0) is 67.9 Å². The van der Waals surface area contributed by atoms with E-state index in [1.165, 1.54) is 5.56 Å². The van der Waals surface area contributed by atoms with Crippen molar-refractivity contribution in [1.29, 1.82) is 0 Å². The summed E-state index contributed by atoms with van der Waals surface area (Å²) in [6.07, 6.45) is 2.81. The van der Waals surface area contributed by atoms with Crippen molar-refractivity contribution >= 4 is 5.91 Å². The quantitative estimate of drug-likeness (QED) is 0.799. The standard InChI is InChI=1S/C23H28N2O4/c1-15-10-16(2)24(4)21(26)20(15)22(27)25-9-5-8-23(3,13-25)12-17-6-7-18-19(11-17)29-14-28-18/h6-7,10-11H,5,8-9,12-14H2,1-4H3/t23-/m1/s1. The largest absolute Gasteiger partial charge is 0.454 e. The Morgan fingerprint density at radius 2 is 1.93 bits per heavy atom. The van der Waals surface area contributed by atoms with Crippen molar-refractivity contribution in [3.8, 4) is 11.5 Å². The first-order valence-electron chi connectivity index (χ1n) is 10.1. The summed E-state index contributed by atoms with van der Waals surface area (Å²) in [6, 6.07) is 7.96. The molecule has 1 fully saturated rings. The monoisotopic (exact) mass is 396 g/mol. The number of pyridine rings is 1. The van der Waals surface area contributed by atoms with E-state index in [0.717, 1.165) is 42.0 Å². The highest BCUT2D eigenvalue weighted by Gasteiger charge is 2.35. The summed E-state index contributed by atoms with van der Waals surface area (Å²) in [5.74, 6) is 1.42. The molecule has 0 spiro atoms.